The maximum atomic E-state index is 13.1. The van der Waals surface area contributed by atoms with Gasteiger partial charge in [-0.15, -0.1) is 0 Å². The monoisotopic (exact) mass is 636 g/mol. The lowest BCUT2D eigenvalue weighted by molar-refractivity contribution is -0.119. The predicted octanol–water partition coefficient (Wildman–Crippen LogP) is 7.98. The van der Waals surface area contributed by atoms with Crippen molar-refractivity contribution in [1.29, 1.82) is 0 Å². The molecule has 2 aromatic heterocycles. The number of carbonyl (C=O) groups excluding carboxylic acids is 2. The summed E-state index contributed by atoms with van der Waals surface area (Å²) in [6.07, 6.45) is 7.78. The first kappa shape index (κ1) is 32.2. The van der Waals surface area contributed by atoms with E-state index in [2.05, 4.69) is 27.5 Å². The number of hydrogen-bond donors (Lipinski definition) is 2. The molecule has 2 fully saturated rings. The zero-order valence-corrected chi connectivity index (χ0v) is 27.9. The van der Waals surface area contributed by atoms with Gasteiger partial charge in [-0.1, -0.05) is 31.2 Å². The number of amides is 2. The number of pyridine rings is 1. The molecule has 1 saturated heterocycles. The summed E-state index contributed by atoms with van der Waals surface area (Å²) < 4.78 is 12.2. The van der Waals surface area contributed by atoms with Gasteiger partial charge in [0.15, 0.2) is 0 Å². The van der Waals surface area contributed by atoms with Crippen molar-refractivity contribution in [3.05, 3.63) is 66.5 Å². The SMILES string of the molecule is Cc1ccc2c(NC(=O)[C@H]3CC[C@H](C)C3)cccc2c1Oc1ncccc1-c1ccnc(N[C@H]2CCCN(C(=O)OC(C)(C)C)C2)n1. The van der Waals surface area contributed by atoms with Crippen LogP contribution < -0.4 is 15.4 Å². The summed E-state index contributed by atoms with van der Waals surface area (Å²) in [4.78, 5) is 41.4. The molecule has 1 saturated carbocycles. The van der Waals surface area contributed by atoms with E-state index in [1.807, 2.05) is 76.2 Å². The lowest BCUT2D eigenvalue weighted by Gasteiger charge is -2.34. The third kappa shape index (κ3) is 7.64. The highest BCUT2D eigenvalue weighted by Crippen LogP contribution is 2.39. The fraction of sp³-hybridized carbons (Fsp3) is 0.432. The third-order valence-electron chi connectivity index (χ3n) is 8.84. The summed E-state index contributed by atoms with van der Waals surface area (Å²) in [6, 6.07) is 15.5. The molecule has 10 heteroatoms. The van der Waals surface area contributed by atoms with E-state index in [4.69, 9.17) is 14.5 Å². The minimum Gasteiger partial charge on any atom is -0.444 e. The van der Waals surface area contributed by atoms with Gasteiger partial charge in [-0.25, -0.2) is 19.7 Å². The molecule has 47 heavy (non-hydrogen) atoms. The molecule has 2 aromatic carbocycles. The molecule has 1 aliphatic heterocycles. The van der Waals surface area contributed by atoms with Crippen molar-refractivity contribution in [3.63, 3.8) is 0 Å². The summed E-state index contributed by atoms with van der Waals surface area (Å²) in [5.41, 5.74) is 2.54. The largest absolute Gasteiger partial charge is 0.444 e. The van der Waals surface area contributed by atoms with E-state index in [-0.39, 0.29) is 24.0 Å². The van der Waals surface area contributed by atoms with Crippen LogP contribution in [0.25, 0.3) is 22.0 Å². The van der Waals surface area contributed by atoms with Crippen molar-refractivity contribution in [1.82, 2.24) is 19.9 Å². The van der Waals surface area contributed by atoms with Gasteiger partial charge in [0, 0.05) is 53.9 Å². The molecule has 6 rings (SSSR count). The van der Waals surface area contributed by atoms with Gasteiger partial charge in [0.05, 0.1) is 11.3 Å². The predicted molar refractivity (Wildman–Crippen MR) is 184 cm³/mol. The summed E-state index contributed by atoms with van der Waals surface area (Å²) >= 11 is 0. The highest BCUT2D eigenvalue weighted by molar-refractivity contribution is 6.05. The number of ether oxygens (including phenoxy) is 2. The van der Waals surface area contributed by atoms with Gasteiger partial charge in [-0.3, -0.25) is 4.79 Å². The minimum atomic E-state index is -0.547. The number of carbonyl (C=O) groups is 2. The van der Waals surface area contributed by atoms with Crippen molar-refractivity contribution < 1.29 is 19.1 Å². The van der Waals surface area contributed by atoms with Crippen molar-refractivity contribution >= 4 is 34.4 Å². The second-order valence-electron chi connectivity index (χ2n) is 13.9. The molecule has 3 atom stereocenters. The number of nitrogens with one attached hydrogen (secondary N) is 2. The van der Waals surface area contributed by atoms with Crippen LogP contribution in [0.3, 0.4) is 0 Å². The van der Waals surface area contributed by atoms with Gasteiger partial charge in [0.25, 0.3) is 0 Å². The number of rotatable bonds is 7. The Morgan fingerprint density at radius 2 is 1.81 bits per heavy atom. The highest BCUT2D eigenvalue weighted by Gasteiger charge is 2.29. The van der Waals surface area contributed by atoms with Gasteiger partial charge in [-0.2, -0.15) is 0 Å². The molecule has 0 spiro atoms. The van der Waals surface area contributed by atoms with Crippen molar-refractivity contribution in [2.75, 3.05) is 23.7 Å². The van der Waals surface area contributed by atoms with Gasteiger partial charge in [-0.05, 0) is 95.5 Å². The van der Waals surface area contributed by atoms with Crippen LogP contribution in [-0.4, -0.2) is 56.6 Å². The Bertz CT molecular complexity index is 1770. The van der Waals surface area contributed by atoms with Crippen LogP contribution in [0.5, 0.6) is 11.6 Å². The number of likely N-dealkylation sites (tertiary alicyclic amines) is 1. The van der Waals surface area contributed by atoms with E-state index < -0.39 is 5.60 Å². The van der Waals surface area contributed by atoms with E-state index in [1.54, 1.807) is 17.3 Å². The fourth-order valence-electron chi connectivity index (χ4n) is 6.48. The Kier molecular flexibility index (Phi) is 9.29. The van der Waals surface area contributed by atoms with E-state index in [1.165, 1.54) is 0 Å². The molecule has 2 N–H and O–H groups in total. The van der Waals surface area contributed by atoms with Gasteiger partial charge < -0.3 is 25.0 Å². The standard InChI is InChI=1S/C37H44N6O4/c1-23-13-15-25(21-23)33(44)41-30-12-6-10-28-27(30)16-14-24(2)32(28)46-34-29(11-7-18-38-34)31-17-19-39-35(42-31)40-26-9-8-20-43(22-26)36(45)47-37(3,4)5/h6-7,10-12,14,16-19,23,25-26H,8-9,13,15,20-22H2,1-5H3,(H,41,44)(H,39,40,42)/t23-,25-,26-/m0/s1. The van der Waals surface area contributed by atoms with Crippen LogP contribution >= 0.6 is 0 Å². The van der Waals surface area contributed by atoms with Crippen LogP contribution in [0.1, 0.15) is 65.4 Å². The zero-order valence-electron chi connectivity index (χ0n) is 27.9. The van der Waals surface area contributed by atoms with E-state index in [9.17, 15) is 9.59 Å². The van der Waals surface area contributed by atoms with E-state index in [0.717, 1.165) is 54.1 Å². The molecule has 3 heterocycles. The summed E-state index contributed by atoms with van der Waals surface area (Å²) in [6.45, 7) is 11.0. The van der Waals surface area contributed by atoms with Gasteiger partial charge in [0.2, 0.25) is 17.7 Å². The number of nitrogens with zero attached hydrogens (tertiary/aromatic N) is 4. The maximum Gasteiger partial charge on any atom is 0.410 e. The Balaban J connectivity index is 1.22. The minimum absolute atomic E-state index is 0.0128. The number of hydrogen-bond acceptors (Lipinski definition) is 8. The molecule has 0 bridgehead atoms. The summed E-state index contributed by atoms with van der Waals surface area (Å²) in [7, 11) is 0. The first-order chi connectivity index (χ1) is 22.5. The van der Waals surface area contributed by atoms with Gasteiger partial charge in [0.1, 0.15) is 11.4 Å². The van der Waals surface area contributed by atoms with Crippen molar-refractivity contribution in [3.8, 4) is 22.9 Å². The Morgan fingerprint density at radius 1 is 0.957 bits per heavy atom. The molecular weight excluding hydrogens is 592 g/mol. The van der Waals surface area contributed by atoms with E-state index in [0.29, 0.717) is 47.8 Å². The molecule has 2 aliphatic rings. The highest BCUT2D eigenvalue weighted by atomic mass is 16.6. The normalized spacial score (nSPS) is 19.8. The van der Waals surface area contributed by atoms with E-state index >= 15 is 0 Å². The number of aromatic nitrogens is 3. The van der Waals surface area contributed by atoms with Crippen LogP contribution in [0.4, 0.5) is 16.4 Å². The molecule has 0 unspecified atom stereocenters. The Hall–Kier alpha value is -4.73. The lowest BCUT2D eigenvalue weighted by Crippen LogP contribution is -2.47. The maximum absolute atomic E-state index is 13.1. The second-order valence-corrected chi connectivity index (χ2v) is 13.9. The van der Waals surface area contributed by atoms with Crippen LogP contribution in [0.15, 0.2) is 60.9 Å². The van der Waals surface area contributed by atoms with Crippen LogP contribution in [0, 0.1) is 18.8 Å². The molecule has 10 nitrogen and oxygen atoms in total. The summed E-state index contributed by atoms with van der Waals surface area (Å²) in [5, 5.41) is 8.40. The van der Waals surface area contributed by atoms with Crippen molar-refractivity contribution in [2.45, 2.75) is 78.4 Å². The topological polar surface area (TPSA) is 119 Å². The number of fused-ring (bicyclic) bond motifs is 1. The molecule has 1 aliphatic carbocycles. The first-order valence-corrected chi connectivity index (χ1v) is 16.6. The van der Waals surface area contributed by atoms with Crippen molar-refractivity contribution in [2.24, 2.45) is 11.8 Å². The molecule has 4 aromatic rings. The van der Waals surface area contributed by atoms with Crippen LogP contribution in [0.2, 0.25) is 0 Å². The Labute approximate surface area is 276 Å². The first-order valence-electron chi connectivity index (χ1n) is 16.6. The average molecular weight is 637 g/mol. The van der Waals surface area contributed by atoms with Gasteiger partial charge >= 0.3 is 6.09 Å². The smallest absolute Gasteiger partial charge is 0.410 e. The molecule has 0 radical (unpaired) electrons. The number of benzene rings is 2. The average Bonchev–Trinajstić information content (AvgIpc) is 3.48. The number of anilines is 2. The molecule has 246 valence electrons. The third-order valence-corrected chi connectivity index (χ3v) is 8.84. The zero-order chi connectivity index (χ0) is 33.1. The Morgan fingerprint density at radius 3 is 2.60 bits per heavy atom. The van der Waals surface area contributed by atoms with Crippen LogP contribution in [-0.2, 0) is 9.53 Å². The lowest BCUT2D eigenvalue weighted by atomic mass is 10.0. The molecular formula is C37H44N6O4. The quantitative estimate of drug-likeness (QED) is 0.210. The number of aryl methyl sites for hydroxylation is 1. The molecule has 2 amide bonds. The number of piperidine rings is 1. The summed E-state index contributed by atoms with van der Waals surface area (Å²) in [5.74, 6) is 2.26. The fourth-order valence-corrected chi connectivity index (χ4v) is 6.48. The second kappa shape index (κ2) is 13.6.